The molecule has 1 unspecified atom stereocenters. The first-order valence-corrected chi connectivity index (χ1v) is 8.49. The van der Waals surface area contributed by atoms with Crippen molar-refractivity contribution in [2.45, 2.75) is 44.6 Å². The number of nitrogens with zero attached hydrogens (tertiary/aromatic N) is 1. The molecule has 0 radical (unpaired) electrons. The standard InChI is InChI=1S/C19H27NO2/c1-22-12-4-5-15-8-9-17(14-20(21)18-10-11-18)19-7-3-2-6-16(19)13-15/h2-3,6-7,9,15,18,21H,4-5,8,10-14H2,1H3. The van der Waals surface area contributed by atoms with E-state index < -0.39 is 0 Å². The minimum atomic E-state index is 0.383. The van der Waals surface area contributed by atoms with Crippen LogP contribution in [0.15, 0.2) is 30.3 Å². The summed E-state index contributed by atoms with van der Waals surface area (Å²) in [6, 6.07) is 9.08. The van der Waals surface area contributed by atoms with Crippen LogP contribution in [-0.4, -0.2) is 36.6 Å². The van der Waals surface area contributed by atoms with Gasteiger partial charge in [0.25, 0.3) is 0 Å². The average Bonchev–Trinajstić information content (AvgIpc) is 3.36. The van der Waals surface area contributed by atoms with E-state index >= 15 is 0 Å². The lowest BCUT2D eigenvalue weighted by Crippen LogP contribution is -2.23. The quantitative estimate of drug-likeness (QED) is 0.612. The maximum absolute atomic E-state index is 10.2. The number of ether oxygens (including phenoxy) is 1. The molecule has 0 saturated heterocycles. The van der Waals surface area contributed by atoms with Crippen LogP contribution >= 0.6 is 0 Å². The Morgan fingerprint density at radius 3 is 2.86 bits per heavy atom. The van der Waals surface area contributed by atoms with Crippen molar-refractivity contribution in [1.29, 1.82) is 0 Å². The molecule has 3 heteroatoms. The Morgan fingerprint density at radius 1 is 1.27 bits per heavy atom. The molecule has 2 aliphatic rings. The summed E-state index contributed by atoms with van der Waals surface area (Å²) in [4.78, 5) is 0. The molecule has 120 valence electrons. The number of rotatable bonds is 7. The first-order chi connectivity index (χ1) is 10.8. The third-order valence-corrected chi connectivity index (χ3v) is 4.83. The number of fused-ring (bicyclic) bond motifs is 1. The van der Waals surface area contributed by atoms with Crippen LogP contribution in [0.2, 0.25) is 0 Å². The smallest absolute Gasteiger partial charge is 0.0494 e. The molecule has 1 aromatic rings. The number of benzene rings is 1. The Balaban J connectivity index is 1.73. The van der Waals surface area contributed by atoms with Crippen molar-refractivity contribution in [2.75, 3.05) is 20.3 Å². The highest BCUT2D eigenvalue weighted by atomic mass is 16.5. The van der Waals surface area contributed by atoms with E-state index in [1.807, 2.05) is 0 Å². The third-order valence-electron chi connectivity index (χ3n) is 4.83. The van der Waals surface area contributed by atoms with Crippen LogP contribution < -0.4 is 0 Å². The molecule has 0 heterocycles. The van der Waals surface area contributed by atoms with Crippen LogP contribution in [0.5, 0.6) is 0 Å². The number of hydrogen-bond donors (Lipinski definition) is 1. The first kappa shape index (κ1) is 15.7. The SMILES string of the molecule is COCCCC1CC=C(CN(O)C2CC2)c2ccccc2C1. The van der Waals surface area contributed by atoms with Crippen LogP contribution in [-0.2, 0) is 11.2 Å². The molecule has 1 aromatic carbocycles. The number of methoxy groups -OCH3 is 1. The molecule has 1 N–H and O–H groups in total. The molecule has 2 aliphatic carbocycles. The van der Waals surface area contributed by atoms with Crippen molar-refractivity contribution in [3.8, 4) is 0 Å². The second-order valence-electron chi connectivity index (χ2n) is 6.66. The summed E-state index contributed by atoms with van der Waals surface area (Å²) >= 11 is 0. The minimum Gasteiger partial charge on any atom is -0.385 e. The Kier molecular flexibility index (Phi) is 5.29. The zero-order valence-corrected chi connectivity index (χ0v) is 13.5. The second-order valence-corrected chi connectivity index (χ2v) is 6.66. The lowest BCUT2D eigenvalue weighted by molar-refractivity contribution is -0.0867. The summed E-state index contributed by atoms with van der Waals surface area (Å²) < 4.78 is 5.19. The first-order valence-electron chi connectivity index (χ1n) is 8.49. The molecule has 0 aliphatic heterocycles. The molecule has 0 bridgehead atoms. The van der Waals surface area contributed by atoms with Crippen LogP contribution in [0.25, 0.3) is 5.57 Å². The third kappa shape index (κ3) is 3.97. The summed E-state index contributed by atoms with van der Waals surface area (Å²) in [5.41, 5.74) is 4.05. The fraction of sp³-hybridized carbons (Fsp3) is 0.579. The Bertz CT molecular complexity index is 522. The molecular weight excluding hydrogens is 274 g/mol. The summed E-state index contributed by atoms with van der Waals surface area (Å²) in [5, 5.41) is 11.7. The van der Waals surface area contributed by atoms with E-state index in [2.05, 4.69) is 30.3 Å². The van der Waals surface area contributed by atoms with E-state index in [0.717, 1.165) is 38.7 Å². The Morgan fingerprint density at radius 2 is 2.09 bits per heavy atom. The molecule has 22 heavy (non-hydrogen) atoms. The zero-order chi connectivity index (χ0) is 15.4. The number of allylic oxidation sites excluding steroid dienone is 1. The monoisotopic (exact) mass is 301 g/mol. The van der Waals surface area contributed by atoms with E-state index in [-0.39, 0.29) is 0 Å². The van der Waals surface area contributed by atoms with E-state index in [1.165, 1.54) is 28.2 Å². The molecule has 3 rings (SSSR count). The molecule has 3 nitrogen and oxygen atoms in total. The molecule has 1 saturated carbocycles. The van der Waals surface area contributed by atoms with Crippen LogP contribution in [0.4, 0.5) is 0 Å². The van der Waals surface area contributed by atoms with Gasteiger partial charge in [-0.2, -0.15) is 5.06 Å². The molecule has 1 atom stereocenters. The van der Waals surface area contributed by atoms with Crippen LogP contribution in [0.1, 0.15) is 43.2 Å². The maximum Gasteiger partial charge on any atom is 0.0494 e. The van der Waals surface area contributed by atoms with Gasteiger partial charge in [-0.05, 0) is 61.1 Å². The van der Waals surface area contributed by atoms with Crippen molar-refractivity contribution in [3.05, 3.63) is 41.5 Å². The average molecular weight is 301 g/mol. The molecule has 0 spiro atoms. The summed E-state index contributed by atoms with van der Waals surface area (Å²) in [7, 11) is 1.77. The predicted octanol–water partition coefficient (Wildman–Crippen LogP) is 3.91. The Labute approximate surface area is 133 Å². The predicted molar refractivity (Wildman–Crippen MR) is 88.9 cm³/mol. The summed E-state index contributed by atoms with van der Waals surface area (Å²) in [5.74, 6) is 0.682. The van der Waals surface area contributed by atoms with E-state index in [1.54, 1.807) is 7.11 Å². The highest BCUT2D eigenvalue weighted by Gasteiger charge is 2.29. The van der Waals surface area contributed by atoms with Gasteiger partial charge in [0.2, 0.25) is 0 Å². The van der Waals surface area contributed by atoms with Gasteiger partial charge in [0.15, 0.2) is 0 Å². The summed E-state index contributed by atoms with van der Waals surface area (Å²) in [6.45, 7) is 1.51. The van der Waals surface area contributed by atoms with Crippen molar-refractivity contribution in [3.63, 3.8) is 0 Å². The van der Waals surface area contributed by atoms with Crippen molar-refractivity contribution in [1.82, 2.24) is 5.06 Å². The molecule has 0 amide bonds. The van der Waals surface area contributed by atoms with E-state index in [4.69, 9.17) is 4.74 Å². The van der Waals surface area contributed by atoms with Gasteiger partial charge in [0.05, 0.1) is 0 Å². The largest absolute Gasteiger partial charge is 0.385 e. The van der Waals surface area contributed by atoms with Gasteiger partial charge in [0.1, 0.15) is 0 Å². The lowest BCUT2D eigenvalue weighted by Gasteiger charge is -2.17. The maximum atomic E-state index is 10.2. The van der Waals surface area contributed by atoms with Gasteiger partial charge < -0.3 is 9.94 Å². The number of hydrogen-bond acceptors (Lipinski definition) is 3. The fourth-order valence-electron chi connectivity index (χ4n) is 3.39. The summed E-state index contributed by atoms with van der Waals surface area (Å²) in [6.07, 6.45) is 9.18. The van der Waals surface area contributed by atoms with Gasteiger partial charge in [-0.25, -0.2) is 0 Å². The minimum absolute atomic E-state index is 0.383. The van der Waals surface area contributed by atoms with Gasteiger partial charge in [-0.3, -0.25) is 0 Å². The molecular formula is C19H27NO2. The van der Waals surface area contributed by atoms with Gasteiger partial charge >= 0.3 is 0 Å². The van der Waals surface area contributed by atoms with Crippen molar-refractivity contribution >= 4 is 5.57 Å². The van der Waals surface area contributed by atoms with Gasteiger partial charge in [-0.1, -0.05) is 30.3 Å². The van der Waals surface area contributed by atoms with Crippen LogP contribution in [0.3, 0.4) is 0 Å². The lowest BCUT2D eigenvalue weighted by atomic mass is 9.92. The van der Waals surface area contributed by atoms with E-state index in [9.17, 15) is 5.21 Å². The van der Waals surface area contributed by atoms with E-state index in [0.29, 0.717) is 18.5 Å². The zero-order valence-electron chi connectivity index (χ0n) is 13.5. The highest BCUT2D eigenvalue weighted by Crippen LogP contribution is 2.33. The molecule has 0 aromatic heterocycles. The Hall–Kier alpha value is -1.16. The van der Waals surface area contributed by atoms with Gasteiger partial charge in [0, 0.05) is 26.3 Å². The highest BCUT2D eigenvalue weighted by molar-refractivity contribution is 5.70. The van der Waals surface area contributed by atoms with Crippen molar-refractivity contribution < 1.29 is 9.94 Å². The molecule has 1 fully saturated rings. The normalized spacial score (nSPS) is 21.4. The number of hydroxylamine groups is 2. The van der Waals surface area contributed by atoms with Gasteiger partial charge in [-0.15, -0.1) is 0 Å². The topological polar surface area (TPSA) is 32.7 Å². The van der Waals surface area contributed by atoms with Crippen molar-refractivity contribution in [2.24, 2.45) is 5.92 Å². The second kappa shape index (κ2) is 7.40. The van der Waals surface area contributed by atoms with Crippen LogP contribution in [0, 0.1) is 5.92 Å². The fourth-order valence-corrected chi connectivity index (χ4v) is 3.39.